The van der Waals surface area contributed by atoms with Crippen molar-refractivity contribution in [3.05, 3.63) is 59.0 Å². The maximum atomic E-state index is 12.3. The molecule has 1 aromatic heterocycles. The second-order valence-electron chi connectivity index (χ2n) is 4.26. The highest BCUT2D eigenvalue weighted by atomic mass is 16.1. The molecule has 0 aliphatic rings. The average molecular weight is 239 g/mol. The molecule has 0 radical (unpaired) electrons. The average Bonchev–Trinajstić information content (AvgIpc) is 2.63. The van der Waals surface area contributed by atoms with Gasteiger partial charge >= 0.3 is 5.69 Å². The maximum absolute atomic E-state index is 12.3. The van der Waals surface area contributed by atoms with Crippen molar-refractivity contribution in [3.8, 4) is 5.69 Å². The zero-order valence-corrected chi connectivity index (χ0v) is 10.00. The second kappa shape index (κ2) is 3.77. The summed E-state index contributed by atoms with van der Waals surface area (Å²) >= 11 is 0. The summed E-state index contributed by atoms with van der Waals surface area (Å²) in [5.41, 5.74) is 8.93. The Hall–Kier alpha value is -2.49. The van der Waals surface area contributed by atoms with Gasteiger partial charge in [-0.05, 0) is 30.3 Å². The van der Waals surface area contributed by atoms with Crippen LogP contribution in [0.1, 0.15) is 0 Å². The number of anilines is 1. The minimum Gasteiger partial charge on any atom is -0.399 e. The summed E-state index contributed by atoms with van der Waals surface area (Å²) in [7, 11) is 1.77. The van der Waals surface area contributed by atoms with E-state index >= 15 is 0 Å². The van der Waals surface area contributed by atoms with E-state index in [1.807, 2.05) is 36.4 Å². The van der Waals surface area contributed by atoms with E-state index in [1.165, 1.54) is 0 Å². The summed E-state index contributed by atoms with van der Waals surface area (Å²) in [6.45, 7) is 0. The lowest BCUT2D eigenvalue weighted by atomic mass is 10.2. The summed E-state index contributed by atoms with van der Waals surface area (Å²) in [6.07, 6.45) is 0. The Kier molecular flexibility index (Phi) is 2.23. The van der Waals surface area contributed by atoms with Crippen molar-refractivity contribution < 1.29 is 0 Å². The number of benzene rings is 2. The lowest BCUT2D eigenvalue weighted by Crippen LogP contribution is -2.20. The number of nitrogen functional groups attached to an aromatic ring is 1. The van der Waals surface area contributed by atoms with Gasteiger partial charge in [0.1, 0.15) is 0 Å². The van der Waals surface area contributed by atoms with Crippen LogP contribution < -0.4 is 11.4 Å². The fourth-order valence-corrected chi connectivity index (χ4v) is 2.21. The van der Waals surface area contributed by atoms with Gasteiger partial charge in [-0.15, -0.1) is 0 Å². The van der Waals surface area contributed by atoms with Gasteiger partial charge in [0, 0.05) is 12.7 Å². The Morgan fingerprint density at radius 2 is 1.72 bits per heavy atom. The third-order valence-electron chi connectivity index (χ3n) is 3.09. The molecule has 0 aliphatic heterocycles. The fraction of sp³-hybridized carbons (Fsp3) is 0.0714. The van der Waals surface area contributed by atoms with Crippen LogP contribution in [0.3, 0.4) is 0 Å². The summed E-state index contributed by atoms with van der Waals surface area (Å²) < 4.78 is 3.31. The number of nitrogens with two attached hydrogens (primary N) is 1. The van der Waals surface area contributed by atoms with E-state index in [9.17, 15) is 4.79 Å². The van der Waals surface area contributed by atoms with Crippen LogP contribution in [-0.4, -0.2) is 9.13 Å². The normalized spacial score (nSPS) is 10.9. The molecule has 0 amide bonds. The predicted molar refractivity (Wildman–Crippen MR) is 72.9 cm³/mol. The number of hydrogen-bond donors (Lipinski definition) is 1. The van der Waals surface area contributed by atoms with Crippen molar-refractivity contribution in [1.29, 1.82) is 0 Å². The molecule has 0 spiro atoms. The van der Waals surface area contributed by atoms with Gasteiger partial charge in [0.25, 0.3) is 0 Å². The highest BCUT2D eigenvalue weighted by Crippen LogP contribution is 2.18. The molecule has 0 saturated heterocycles. The van der Waals surface area contributed by atoms with Gasteiger partial charge in [-0.3, -0.25) is 9.13 Å². The first-order chi connectivity index (χ1) is 8.68. The van der Waals surface area contributed by atoms with Crippen molar-refractivity contribution in [2.24, 2.45) is 7.05 Å². The van der Waals surface area contributed by atoms with Crippen molar-refractivity contribution in [2.45, 2.75) is 0 Å². The first-order valence-corrected chi connectivity index (χ1v) is 5.71. The molecule has 4 heteroatoms. The van der Waals surface area contributed by atoms with E-state index in [2.05, 4.69) is 0 Å². The Labute approximate surface area is 104 Å². The largest absolute Gasteiger partial charge is 0.399 e. The van der Waals surface area contributed by atoms with Crippen LogP contribution in [0.15, 0.2) is 53.3 Å². The van der Waals surface area contributed by atoms with Crippen molar-refractivity contribution in [1.82, 2.24) is 9.13 Å². The van der Waals surface area contributed by atoms with Crippen LogP contribution in [0.4, 0.5) is 5.69 Å². The minimum atomic E-state index is -0.0678. The number of nitrogens with zero attached hydrogens (tertiary/aromatic N) is 2. The lowest BCUT2D eigenvalue weighted by molar-refractivity contribution is 0.846. The summed E-state index contributed by atoms with van der Waals surface area (Å²) in [5, 5.41) is 0. The van der Waals surface area contributed by atoms with Crippen LogP contribution in [0.5, 0.6) is 0 Å². The molecule has 1 heterocycles. The van der Waals surface area contributed by atoms with E-state index in [-0.39, 0.29) is 5.69 Å². The number of hydrogen-bond acceptors (Lipinski definition) is 2. The smallest absolute Gasteiger partial charge is 0.333 e. The van der Waals surface area contributed by atoms with Crippen LogP contribution in [0.25, 0.3) is 16.7 Å². The Morgan fingerprint density at radius 3 is 2.44 bits per heavy atom. The molecule has 0 saturated carbocycles. The monoisotopic (exact) mass is 239 g/mol. The summed E-state index contributed by atoms with van der Waals surface area (Å²) in [6, 6.07) is 15.0. The second-order valence-corrected chi connectivity index (χ2v) is 4.26. The van der Waals surface area contributed by atoms with Crippen LogP contribution in [0.2, 0.25) is 0 Å². The standard InChI is InChI=1S/C14H13N3O/c1-16-12-7-2-3-8-13(12)17(14(16)18)11-6-4-5-10(15)9-11/h2-9H,15H2,1H3. The first kappa shape index (κ1) is 10.7. The predicted octanol–water partition coefficient (Wildman–Crippen LogP) is 1.91. The molecule has 90 valence electrons. The van der Waals surface area contributed by atoms with Gasteiger partial charge in [-0.1, -0.05) is 18.2 Å². The van der Waals surface area contributed by atoms with Gasteiger partial charge in [-0.2, -0.15) is 0 Å². The molecule has 3 aromatic rings. The van der Waals surface area contributed by atoms with Gasteiger partial charge in [0.15, 0.2) is 0 Å². The van der Waals surface area contributed by atoms with E-state index in [1.54, 1.807) is 28.3 Å². The Balaban J connectivity index is 2.43. The van der Waals surface area contributed by atoms with Crippen LogP contribution >= 0.6 is 0 Å². The van der Waals surface area contributed by atoms with Crippen LogP contribution in [0, 0.1) is 0 Å². The molecule has 0 atom stereocenters. The molecule has 2 aromatic carbocycles. The molecule has 18 heavy (non-hydrogen) atoms. The molecule has 3 rings (SSSR count). The Bertz CT molecular complexity index is 783. The number of rotatable bonds is 1. The number of fused-ring (bicyclic) bond motifs is 1. The van der Waals surface area contributed by atoms with Gasteiger partial charge in [0.2, 0.25) is 0 Å². The van der Waals surface area contributed by atoms with E-state index in [4.69, 9.17) is 5.73 Å². The van der Waals surface area contributed by atoms with Crippen molar-refractivity contribution >= 4 is 16.7 Å². The highest BCUT2D eigenvalue weighted by molar-refractivity contribution is 5.78. The number of aryl methyl sites for hydroxylation is 1. The first-order valence-electron chi connectivity index (χ1n) is 5.71. The number of imidazole rings is 1. The molecular formula is C14H13N3O. The van der Waals surface area contributed by atoms with E-state index in [0.29, 0.717) is 5.69 Å². The summed E-state index contributed by atoms with van der Waals surface area (Å²) in [5.74, 6) is 0. The number of aromatic nitrogens is 2. The van der Waals surface area contributed by atoms with Crippen LogP contribution in [-0.2, 0) is 7.05 Å². The topological polar surface area (TPSA) is 53.0 Å². The molecular weight excluding hydrogens is 226 g/mol. The maximum Gasteiger partial charge on any atom is 0.333 e. The quantitative estimate of drug-likeness (QED) is 0.659. The van der Waals surface area contributed by atoms with Gasteiger partial charge in [0.05, 0.1) is 16.7 Å². The highest BCUT2D eigenvalue weighted by Gasteiger charge is 2.11. The molecule has 0 unspecified atom stereocenters. The third-order valence-corrected chi connectivity index (χ3v) is 3.09. The third kappa shape index (κ3) is 1.43. The lowest BCUT2D eigenvalue weighted by Gasteiger charge is -2.03. The van der Waals surface area contributed by atoms with Gasteiger partial charge < -0.3 is 5.73 Å². The zero-order valence-electron chi connectivity index (χ0n) is 10.00. The van der Waals surface area contributed by atoms with E-state index < -0.39 is 0 Å². The Morgan fingerprint density at radius 1 is 1.00 bits per heavy atom. The molecule has 0 bridgehead atoms. The van der Waals surface area contributed by atoms with Gasteiger partial charge in [-0.25, -0.2) is 4.79 Å². The molecule has 2 N–H and O–H groups in total. The van der Waals surface area contributed by atoms with E-state index in [0.717, 1.165) is 16.7 Å². The zero-order chi connectivity index (χ0) is 12.7. The molecule has 0 aliphatic carbocycles. The van der Waals surface area contributed by atoms with Crippen molar-refractivity contribution in [3.63, 3.8) is 0 Å². The summed E-state index contributed by atoms with van der Waals surface area (Å²) in [4.78, 5) is 12.3. The SMILES string of the molecule is Cn1c(=O)n(-c2cccc(N)c2)c2ccccc21. The van der Waals surface area contributed by atoms with Crippen molar-refractivity contribution in [2.75, 3.05) is 5.73 Å². The number of para-hydroxylation sites is 2. The fourth-order valence-electron chi connectivity index (χ4n) is 2.21. The molecule has 0 fully saturated rings. The minimum absolute atomic E-state index is 0.0678. The molecule has 4 nitrogen and oxygen atoms in total.